The normalized spacial score (nSPS) is 13.7. The molecule has 0 aromatic heterocycles. The molecule has 1 unspecified atom stereocenters. The number of carbonyl (C=O) groups excluding carboxylic acids is 4. The van der Waals surface area contributed by atoms with Crippen LogP contribution < -0.4 is 5.32 Å². The minimum atomic E-state index is -4.50. The maximum Gasteiger partial charge on any atom is 0.416 e. The lowest BCUT2D eigenvalue weighted by atomic mass is 9.77. The Balaban J connectivity index is 1.45. The predicted octanol–water partition coefficient (Wildman–Crippen LogP) is 8.20. The summed E-state index contributed by atoms with van der Waals surface area (Å²) in [5.74, 6) is -1.88. The molecule has 1 aliphatic carbocycles. The predicted molar refractivity (Wildman–Crippen MR) is 189 cm³/mol. The van der Waals surface area contributed by atoms with Crippen molar-refractivity contribution in [3.63, 3.8) is 0 Å². The Morgan fingerprint density at radius 1 is 0.902 bits per heavy atom. The summed E-state index contributed by atoms with van der Waals surface area (Å²) in [6, 6.07) is 15.6. The van der Waals surface area contributed by atoms with Gasteiger partial charge in [0.2, 0.25) is 0 Å². The van der Waals surface area contributed by atoms with E-state index in [1.54, 1.807) is 45.3 Å². The molecular weight excluding hydrogens is 661 g/mol. The quantitative estimate of drug-likeness (QED) is 0.142. The number of nitrogens with one attached hydrogen (secondary N) is 1. The molecule has 1 atom stereocenters. The molecule has 268 valence electrons. The standard InChI is InChI=1S/C40H41F3N2O6/c1-5-50-38(49)39(2,29-13-8-6-7-9-14-29)23-12-24-51-35(46)26-27-17-22-34(33(25-27)37(48)45(3)4)44-36(47)32-16-11-10-15-31(32)28-18-20-30(21-19-28)40(41,42)43/h6-8,10-11,13-22,25H,5,9,12,23-24,26H2,1-4H3,(H,44,47). The number of nitrogens with zero attached hydrogens (tertiary/aromatic N) is 1. The third-order valence-corrected chi connectivity index (χ3v) is 8.46. The number of esters is 2. The number of alkyl halides is 3. The Kier molecular flexibility index (Phi) is 12.8. The van der Waals surface area contributed by atoms with Crippen molar-refractivity contribution in [3.8, 4) is 11.1 Å². The zero-order chi connectivity index (χ0) is 37.2. The van der Waals surface area contributed by atoms with Gasteiger partial charge >= 0.3 is 18.1 Å². The Morgan fingerprint density at radius 2 is 1.63 bits per heavy atom. The highest BCUT2D eigenvalue weighted by Gasteiger charge is 2.37. The van der Waals surface area contributed by atoms with Crippen molar-refractivity contribution in [2.24, 2.45) is 5.41 Å². The average molecular weight is 703 g/mol. The van der Waals surface area contributed by atoms with E-state index < -0.39 is 34.9 Å². The van der Waals surface area contributed by atoms with E-state index in [4.69, 9.17) is 9.47 Å². The summed E-state index contributed by atoms with van der Waals surface area (Å²) in [5, 5.41) is 2.76. The van der Waals surface area contributed by atoms with E-state index in [1.165, 1.54) is 35.2 Å². The van der Waals surface area contributed by atoms with Gasteiger partial charge in [-0.1, -0.05) is 66.8 Å². The number of rotatable bonds is 13. The maximum absolute atomic E-state index is 13.5. The first-order valence-corrected chi connectivity index (χ1v) is 16.5. The largest absolute Gasteiger partial charge is 0.465 e. The van der Waals surface area contributed by atoms with Crippen LogP contribution in [0.4, 0.5) is 18.9 Å². The van der Waals surface area contributed by atoms with Gasteiger partial charge in [0, 0.05) is 19.7 Å². The van der Waals surface area contributed by atoms with E-state index in [2.05, 4.69) is 5.32 Å². The molecule has 4 rings (SSSR count). The first-order valence-electron chi connectivity index (χ1n) is 16.5. The fourth-order valence-electron chi connectivity index (χ4n) is 5.66. The highest BCUT2D eigenvalue weighted by molar-refractivity contribution is 6.11. The molecule has 0 fully saturated rings. The van der Waals surface area contributed by atoms with E-state index in [0.717, 1.165) is 17.7 Å². The Hall–Kier alpha value is -5.45. The van der Waals surface area contributed by atoms with E-state index in [1.807, 2.05) is 37.3 Å². The number of carbonyl (C=O) groups is 4. The van der Waals surface area contributed by atoms with Crippen molar-refractivity contribution < 1.29 is 41.8 Å². The van der Waals surface area contributed by atoms with E-state index in [9.17, 15) is 32.3 Å². The summed E-state index contributed by atoms with van der Waals surface area (Å²) in [6.45, 7) is 3.89. The van der Waals surface area contributed by atoms with Crippen molar-refractivity contribution >= 4 is 29.4 Å². The monoisotopic (exact) mass is 702 g/mol. The molecule has 0 radical (unpaired) electrons. The van der Waals surface area contributed by atoms with Gasteiger partial charge in [0.05, 0.1) is 41.9 Å². The molecule has 2 amide bonds. The summed E-state index contributed by atoms with van der Waals surface area (Å²) >= 11 is 0. The Labute approximate surface area is 295 Å². The van der Waals surface area contributed by atoms with E-state index in [-0.39, 0.29) is 42.4 Å². The lowest BCUT2D eigenvalue weighted by Gasteiger charge is -2.28. The molecule has 0 bridgehead atoms. The first-order chi connectivity index (χ1) is 24.2. The molecule has 8 nitrogen and oxygen atoms in total. The van der Waals surface area contributed by atoms with Crippen molar-refractivity contribution in [2.45, 2.75) is 45.7 Å². The van der Waals surface area contributed by atoms with Crippen LogP contribution in [0.1, 0.15) is 65.0 Å². The SMILES string of the molecule is CCOC(=O)C(C)(CCCOC(=O)Cc1ccc(NC(=O)c2ccccc2-c2ccc(C(F)(F)F)cc2)c(C(=O)N(C)C)c1)C1=CCC=CC=C1. The molecule has 1 N–H and O–H groups in total. The van der Waals surface area contributed by atoms with Crippen LogP contribution in [-0.2, 0) is 31.7 Å². The lowest BCUT2D eigenvalue weighted by Crippen LogP contribution is -2.32. The fraction of sp³-hybridized carbons (Fsp3) is 0.300. The Bertz CT molecular complexity index is 1840. The van der Waals surface area contributed by atoms with Gasteiger partial charge in [-0.15, -0.1) is 0 Å². The van der Waals surface area contributed by atoms with Crippen LogP contribution in [0.2, 0.25) is 0 Å². The summed E-state index contributed by atoms with van der Waals surface area (Å²) in [5.41, 5.74) is 0.930. The van der Waals surface area contributed by atoms with Crippen LogP contribution in [0.3, 0.4) is 0 Å². The van der Waals surface area contributed by atoms with Gasteiger partial charge in [0.15, 0.2) is 0 Å². The van der Waals surface area contributed by atoms with Gasteiger partial charge in [0.1, 0.15) is 0 Å². The second-order valence-corrected chi connectivity index (χ2v) is 12.4. The lowest BCUT2D eigenvalue weighted by molar-refractivity contribution is -0.152. The van der Waals surface area contributed by atoms with Crippen LogP contribution in [0.25, 0.3) is 11.1 Å². The van der Waals surface area contributed by atoms with Crippen LogP contribution >= 0.6 is 0 Å². The minimum absolute atomic E-state index is 0.0685. The molecule has 0 heterocycles. The zero-order valence-corrected chi connectivity index (χ0v) is 29.0. The minimum Gasteiger partial charge on any atom is -0.465 e. The molecule has 0 aliphatic heterocycles. The van der Waals surface area contributed by atoms with Crippen molar-refractivity contribution in [1.29, 1.82) is 0 Å². The number of halogens is 3. The first kappa shape index (κ1) is 38.4. The molecule has 3 aromatic carbocycles. The van der Waals surface area contributed by atoms with Crippen LogP contribution in [0.5, 0.6) is 0 Å². The topological polar surface area (TPSA) is 102 Å². The highest BCUT2D eigenvalue weighted by Crippen LogP contribution is 2.36. The third kappa shape index (κ3) is 9.84. The summed E-state index contributed by atoms with van der Waals surface area (Å²) in [4.78, 5) is 53.9. The van der Waals surface area contributed by atoms with E-state index >= 15 is 0 Å². The summed E-state index contributed by atoms with van der Waals surface area (Å²) < 4.78 is 50.2. The average Bonchev–Trinajstić information content (AvgIpc) is 3.40. The number of allylic oxidation sites excluding steroid dienone is 5. The van der Waals surface area contributed by atoms with Crippen molar-refractivity contribution in [3.05, 3.63) is 125 Å². The second kappa shape index (κ2) is 17.0. The number of anilines is 1. The van der Waals surface area contributed by atoms with Crippen molar-refractivity contribution in [1.82, 2.24) is 4.90 Å². The van der Waals surface area contributed by atoms with Gasteiger partial charge in [-0.05, 0) is 85.7 Å². The second-order valence-electron chi connectivity index (χ2n) is 12.4. The number of hydrogen-bond acceptors (Lipinski definition) is 6. The third-order valence-electron chi connectivity index (χ3n) is 8.46. The molecule has 0 spiro atoms. The fourth-order valence-corrected chi connectivity index (χ4v) is 5.66. The molecule has 1 aliphatic rings. The van der Waals surface area contributed by atoms with Crippen LogP contribution in [0.15, 0.2) is 103 Å². The van der Waals surface area contributed by atoms with Gasteiger partial charge in [-0.2, -0.15) is 13.2 Å². The van der Waals surface area contributed by atoms with Gasteiger partial charge in [0.25, 0.3) is 11.8 Å². The van der Waals surface area contributed by atoms with Crippen molar-refractivity contribution in [2.75, 3.05) is 32.6 Å². The van der Waals surface area contributed by atoms with Crippen LogP contribution in [0, 0.1) is 5.41 Å². The number of amides is 2. The maximum atomic E-state index is 13.5. The van der Waals surface area contributed by atoms with E-state index in [0.29, 0.717) is 36.0 Å². The van der Waals surface area contributed by atoms with Gasteiger partial charge in [-0.25, -0.2) is 0 Å². The zero-order valence-electron chi connectivity index (χ0n) is 29.0. The van der Waals surface area contributed by atoms with Gasteiger partial charge < -0.3 is 19.7 Å². The molecule has 0 saturated carbocycles. The number of ether oxygens (including phenoxy) is 2. The molecule has 0 saturated heterocycles. The molecule has 51 heavy (non-hydrogen) atoms. The molecule has 3 aromatic rings. The summed E-state index contributed by atoms with van der Waals surface area (Å²) in [7, 11) is 3.10. The Morgan fingerprint density at radius 3 is 2.31 bits per heavy atom. The highest BCUT2D eigenvalue weighted by atomic mass is 19.4. The smallest absolute Gasteiger partial charge is 0.416 e. The molecular formula is C40H41F3N2O6. The summed E-state index contributed by atoms with van der Waals surface area (Å²) in [6.07, 6.45) is 6.51. The molecule has 11 heteroatoms. The van der Waals surface area contributed by atoms with Crippen LogP contribution in [-0.4, -0.2) is 56.0 Å². The number of hydrogen-bond donors (Lipinski definition) is 1. The van der Waals surface area contributed by atoms with Gasteiger partial charge in [-0.3, -0.25) is 19.2 Å². The number of benzene rings is 3.